The number of aromatic amines is 1. The smallest absolute Gasteiger partial charge is 0.335 e. The number of nitrogens with zero attached hydrogens (tertiary/aromatic N) is 3. The Morgan fingerprint density at radius 2 is 1.70 bits per heavy atom. The molecule has 11 N–H and O–H groups in total. The molecular weight excluding hydrogens is 837 g/mol. The van der Waals surface area contributed by atoms with Gasteiger partial charge in [-0.15, -0.1) is 0 Å². The Hall–Kier alpha value is -8.20. The van der Waals surface area contributed by atoms with E-state index >= 15 is 0 Å². The van der Waals surface area contributed by atoms with Crippen molar-refractivity contribution in [1.29, 1.82) is 0 Å². The van der Waals surface area contributed by atoms with Crippen LogP contribution in [0.3, 0.4) is 0 Å². The molecule has 2 aromatic heterocycles. The topological polar surface area (TPSA) is 313 Å². The number of thiocarbonyl (C=S) groups is 1. The first kappa shape index (κ1) is 42.9. The molecule has 0 fully saturated rings. The Kier molecular flexibility index (Phi) is 12.7. The molecule has 3 heterocycles. The number of phenols is 1. The lowest BCUT2D eigenvalue weighted by Crippen LogP contribution is -2.42. The van der Waals surface area contributed by atoms with Crippen molar-refractivity contribution in [1.82, 2.24) is 35.9 Å². The van der Waals surface area contributed by atoms with Gasteiger partial charge in [-0.05, 0) is 78.8 Å². The van der Waals surface area contributed by atoms with Gasteiger partial charge in [0, 0.05) is 66.0 Å². The molecule has 5 aromatic rings. The van der Waals surface area contributed by atoms with E-state index in [1.54, 1.807) is 36.4 Å². The van der Waals surface area contributed by atoms with Crippen LogP contribution < -0.4 is 42.6 Å². The van der Waals surface area contributed by atoms with Gasteiger partial charge in [-0.2, -0.15) is 4.98 Å². The Morgan fingerprint density at radius 1 is 0.937 bits per heavy atom. The van der Waals surface area contributed by atoms with Gasteiger partial charge in [-0.3, -0.25) is 24.2 Å². The number of benzene rings is 3. The minimum atomic E-state index is -1.35. The summed E-state index contributed by atoms with van der Waals surface area (Å²) in [4.78, 5) is 88.9. The zero-order valence-corrected chi connectivity index (χ0v) is 33.7. The normalized spacial score (nSPS) is 15.4. The van der Waals surface area contributed by atoms with E-state index in [1.807, 2.05) is 0 Å². The summed E-state index contributed by atoms with van der Waals surface area (Å²) in [6.07, 6.45) is 5.46. The summed E-state index contributed by atoms with van der Waals surface area (Å²) in [5.41, 5.74) is 7.88. The van der Waals surface area contributed by atoms with Gasteiger partial charge in [0.15, 0.2) is 22.1 Å². The first-order chi connectivity index (χ1) is 30.2. The fourth-order valence-corrected chi connectivity index (χ4v) is 7.22. The Morgan fingerprint density at radius 3 is 2.46 bits per heavy atom. The number of hydrogen-bond donors (Lipinski definition) is 10. The molecule has 2 aliphatic rings. The molecule has 1 aliphatic heterocycles. The molecule has 2 amide bonds. The van der Waals surface area contributed by atoms with E-state index < -0.39 is 47.2 Å². The van der Waals surface area contributed by atoms with Crippen molar-refractivity contribution in [2.24, 2.45) is 5.92 Å². The van der Waals surface area contributed by atoms with Gasteiger partial charge < -0.3 is 52.4 Å². The van der Waals surface area contributed by atoms with Crippen molar-refractivity contribution in [3.05, 3.63) is 129 Å². The van der Waals surface area contributed by atoms with Crippen LogP contribution in [0.1, 0.15) is 56.3 Å². The number of ketones is 1. The number of phenolic OH excluding ortho intramolecular Hbond substituents is 1. The van der Waals surface area contributed by atoms with Crippen LogP contribution in [-0.4, -0.2) is 89.0 Å². The van der Waals surface area contributed by atoms with E-state index in [-0.39, 0.29) is 83.1 Å². The SMILES string of the molecule is Nc1nc2ncc(CNc3ccc(C(=O)NC(CCC(=O)NCCNC(=S)Nc4ccc(C(=O)O)c(C5c6ccc(O)cc6OC6=CC(=O)C=CC65)c4)C(=O)O)cc3)nc2c(=O)[nH]1. The number of hydrogen-bond acceptors (Lipinski definition) is 14. The van der Waals surface area contributed by atoms with Crippen LogP contribution in [0.4, 0.5) is 17.3 Å². The Labute approximate surface area is 361 Å². The number of aromatic carboxylic acids is 1. The maximum Gasteiger partial charge on any atom is 0.335 e. The first-order valence-electron chi connectivity index (χ1n) is 19.2. The standard InChI is InChI=1S/C42H38N10O10S/c43-41-51-36-35(38(57)52-41)48-23(19-47-36)18-46-21-3-1-20(2-4-21)37(56)50-30(40(60)61)11-12-33(55)44-13-14-45-42(63)49-22-5-8-26(39(58)59)29(15-22)34-27-9-6-24(53)16-31(27)62-32-17-25(54)7-10-28(32)34/h1-10,15-17,19,27,30,34,46,54H,11-14,18H2,(H,44,55)(H,50,56)(H,58,59)(H,60,61)(H2,45,49,63)(H3,43,47,51,52,57). The van der Waals surface area contributed by atoms with Gasteiger partial charge in [0.2, 0.25) is 11.9 Å². The molecule has 0 saturated heterocycles. The minimum Gasteiger partial charge on any atom is -0.508 e. The molecule has 0 saturated carbocycles. The molecule has 20 nitrogen and oxygen atoms in total. The van der Waals surface area contributed by atoms with Crippen molar-refractivity contribution in [2.45, 2.75) is 31.3 Å². The molecule has 7 rings (SSSR count). The number of allylic oxidation sites excluding steroid dienone is 3. The number of aromatic hydroxyl groups is 1. The lowest BCUT2D eigenvalue weighted by molar-refractivity contribution is -0.139. The second kappa shape index (κ2) is 18.6. The maximum atomic E-state index is 12.9. The van der Waals surface area contributed by atoms with Crippen molar-refractivity contribution in [3.8, 4) is 11.5 Å². The van der Waals surface area contributed by atoms with E-state index in [1.165, 1.54) is 48.7 Å². The number of amides is 2. The van der Waals surface area contributed by atoms with E-state index in [0.29, 0.717) is 34.0 Å². The van der Waals surface area contributed by atoms with Crippen molar-refractivity contribution < 1.29 is 44.0 Å². The van der Waals surface area contributed by atoms with Gasteiger partial charge in [0.25, 0.3) is 11.5 Å². The van der Waals surface area contributed by atoms with E-state index in [4.69, 9.17) is 22.7 Å². The molecular formula is C42H38N10O10S. The monoisotopic (exact) mass is 874 g/mol. The highest BCUT2D eigenvalue weighted by Crippen LogP contribution is 2.49. The fourth-order valence-electron chi connectivity index (χ4n) is 7.00. The lowest BCUT2D eigenvalue weighted by atomic mass is 9.74. The summed E-state index contributed by atoms with van der Waals surface area (Å²) in [7, 11) is 0. The Balaban J connectivity index is 0.874. The molecule has 0 spiro atoms. The quantitative estimate of drug-likeness (QED) is 0.0534. The highest BCUT2D eigenvalue weighted by Gasteiger charge is 2.38. The number of H-pyrrole nitrogens is 1. The van der Waals surface area contributed by atoms with Gasteiger partial charge >= 0.3 is 11.9 Å². The number of carbonyl (C=O) groups is 5. The summed E-state index contributed by atoms with van der Waals surface area (Å²) < 4.78 is 5.95. The fraction of sp³-hybridized carbons (Fsp3) is 0.190. The molecule has 0 radical (unpaired) electrons. The van der Waals surface area contributed by atoms with Crippen LogP contribution in [-0.2, 0) is 20.9 Å². The number of nitrogens with two attached hydrogens (primary N) is 1. The molecule has 322 valence electrons. The van der Waals surface area contributed by atoms with Crippen LogP contribution in [0.25, 0.3) is 11.2 Å². The highest BCUT2D eigenvalue weighted by molar-refractivity contribution is 7.80. The van der Waals surface area contributed by atoms with Crippen molar-refractivity contribution >= 4 is 75.4 Å². The van der Waals surface area contributed by atoms with Gasteiger partial charge in [0.1, 0.15) is 23.3 Å². The third kappa shape index (κ3) is 10.2. The largest absolute Gasteiger partial charge is 0.508 e. The second-order valence-electron chi connectivity index (χ2n) is 14.3. The average molecular weight is 875 g/mol. The molecule has 63 heavy (non-hydrogen) atoms. The molecule has 3 atom stereocenters. The third-order valence-electron chi connectivity index (χ3n) is 9.98. The van der Waals surface area contributed by atoms with Crippen LogP contribution in [0.5, 0.6) is 11.5 Å². The van der Waals surface area contributed by atoms with E-state index in [0.717, 1.165) is 0 Å². The number of rotatable bonds is 15. The lowest BCUT2D eigenvalue weighted by Gasteiger charge is -2.36. The Bertz CT molecular complexity index is 2790. The number of anilines is 3. The van der Waals surface area contributed by atoms with Crippen LogP contribution in [0, 0.1) is 5.92 Å². The predicted molar refractivity (Wildman–Crippen MR) is 231 cm³/mol. The minimum absolute atomic E-state index is 0.0159. The summed E-state index contributed by atoms with van der Waals surface area (Å²) in [6.45, 7) is 0.480. The molecule has 0 bridgehead atoms. The summed E-state index contributed by atoms with van der Waals surface area (Å²) in [5.74, 6) is -4.52. The molecule has 3 unspecified atom stereocenters. The van der Waals surface area contributed by atoms with Crippen molar-refractivity contribution in [3.63, 3.8) is 0 Å². The predicted octanol–water partition coefficient (Wildman–Crippen LogP) is 2.54. The number of aromatic nitrogens is 4. The van der Waals surface area contributed by atoms with Crippen LogP contribution in [0.15, 0.2) is 95.6 Å². The second-order valence-corrected chi connectivity index (χ2v) is 14.7. The van der Waals surface area contributed by atoms with Gasteiger partial charge in [-0.1, -0.05) is 12.1 Å². The number of carboxylic acid groups (broad SMARTS) is 2. The van der Waals surface area contributed by atoms with E-state index in [9.17, 15) is 44.1 Å². The zero-order valence-electron chi connectivity index (χ0n) is 32.9. The number of nitrogens with one attached hydrogen (secondary N) is 6. The molecule has 3 aromatic carbocycles. The first-order valence-corrected chi connectivity index (χ1v) is 19.7. The zero-order chi connectivity index (χ0) is 44.8. The number of carboxylic acids is 2. The van der Waals surface area contributed by atoms with Gasteiger partial charge in [0.05, 0.1) is 24.0 Å². The maximum absolute atomic E-state index is 12.9. The molecule has 1 aliphatic carbocycles. The average Bonchev–Trinajstić information content (AvgIpc) is 3.24. The van der Waals surface area contributed by atoms with Crippen LogP contribution >= 0.6 is 12.2 Å². The summed E-state index contributed by atoms with van der Waals surface area (Å²) in [6, 6.07) is 14.0. The summed E-state index contributed by atoms with van der Waals surface area (Å²) in [5, 5.41) is 44.4. The highest BCUT2D eigenvalue weighted by atomic mass is 32.1. The van der Waals surface area contributed by atoms with Gasteiger partial charge in [-0.25, -0.2) is 19.6 Å². The number of aliphatic carboxylic acids is 1. The molecule has 21 heteroatoms. The summed E-state index contributed by atoms with van der Waals surface area (Å²) >= 11 is 5.45. The van der Waals surface area contributed by atoms with Crippen LogP contribution in [0.2, 0.25) is 0 Å². The number of carbonyl (C=O) groups excluding carboxylic acids is 3. The van der Waals surface area contributed by atoms with Crippen molar-refractivity contribution in [2.75, 3.05) is 29.5 Å². The van der Waals surface area contributed by atoms with E-state index in [2.05, 4.69) is 46.5 Å². The number of nitrogen functional groups attached to an aromatic ring is 1. The number of fused-ring (bicyclic) bond motifs is 3. The third-order valence-corrected chi connectivity index (χ3v) is 10.2. The number of ether oxygens (including phenoxy) is 1.